The molecule has 0 aliphatic rings. The number of hydrogen-bond acceptors (Lipinski definition) is 5. The normalized spacial score (nSPS) is 9.94. The fraction of sp³-hybridized carbons (Fsp3) is 0.417. The number of nitrogens with one attached hydrogen (secondary N) is 1. The van der Waals surface area contributed by atoms with E-state index in [1.807, 2.05) is 6.92 Å². The Morgan fingerprint density at radius 2 is 2.22 bits per heavy atom. The molecule has 1 aromatic rings. The number of carbonyl (C=O) groups excluding carboxylic acids is 1. The third-order valence-corrected chi connectivity index (χ3v) is 2.22. The fourth-order valence-corrected chi connectivity index (χ4v) is 1.28. The van der Waals surface area contributed by atoms with Crippen LogP contribution in [0.5, 0.6) is 5.75 Å². The first-order valence-corrected chi connectivity index (χ1v) is 5.61. The number of ether oxygens (including phenoxy) is 2. The molecule has 0 saturated carbocycles. The van der Waals surface area contributed by atoms with Crippen molar-refractivity contribution in [3.63, 3.8) is 0 Å². The lowest BCUT2D eigenvalue weighted by molar-refractivity contribution is -0.138. The van der Waals surface area contributed by atoms with Gasteiger partial charge >= 0.3 is 5.97 Å². The van der Waals surface area contributed by atoms with Crippen LogP contribution in [0, 0.1) is 5.82 Å². The Labute approximate surface area is 105 Å². The zero-order valence-electron chi connectivity index (χ0n) is 10.5. The van der Waals surface area contributed by atoms with Crippen molar-refractivity contribution in [2.45, 2.75) is 13.3 Å². The van der Waals surface area contributed by atoms with Gasteiger partial charge in [0.15, 0.2) is 11.6 Å². The van der Waals surface area contributed by atoms with Crippen molar-refractivity contribution in [1.82, 2.24) is 0 Å². The number of nitrogens with two attached hydrogens (primary N) is 1. The number of hydrogen-bond donors (Lipinski definition) is 2. The molecule has 18 heavy (non-hydrogen) atoms. The summed E-state index contributed by atoms with van der Waals surface area (Å²) in [7, 11) is 1.29. The molecule has 3 N–H and O–H groups in total. The molecule has 0 radical (unpaired) electrons. The van der Waals surface area contributed by atoms with Crippen LogP contribution in [0.4, 0.5) is 15.8 Å². The van der Waals surface area contributed by atoms with Crippen LogP contribution >= 0.6 is 0 Å². The summed E-state index contributed by atoms with van der Waals surface area (Å²) >= 11 is 0. The molecule has 0 fully saturated rings. The smallest absolute Gasteiger partial charge is 0.325 e. The highest BCUT2D eigenvalue weighted by Gasteiger charge is 2.10. The Bertz CT molecular complexity index is 424. The van der Waals surface area contributed by atoms with Crippen molar-refractivity contribution in [2.75, 3.05) is 31.3 Å². The molecule has 1 aromatic carbocycles. The molecule has 0 bridgehead atoms. The van der Waals surface area contributed by atoms with E-state index in [-0.39, 0.29) is 18.0 Å². The van der Waals surface area contributed by atoms with E-state index >= 15 is 0 Å². The molecule has 0 heterocycles. The second-order valence-electron chi connectivity index (χ2n) is 3.65. The summed E-state index contributed by atoms with van der Waals surface area (Å²) in [4.78, 5) is 11.0. The van der Waals surface area contributed by atoms with Crippen LogP contribution in [0.25, 0.3) is 0 Å². The van der Waals surface area contributed by atoms with Gasteiger partial charge in [0.05, 0.1) is 25.1 Å². The predicted octanol–water partition coefficient (Wildman–Crippen LogP) is 1.78. The van der Waals surface area contributed by atoms with Crippen molar-refractivity contribution in [2.24, 2.45) is 0 Å². The van der Waals surface area contributed by atoms with E-state index < -0.39 is 11.8 Å². The Balaban J connectivity index is 2.80. The minimum absolute atomic E-state index is 0.0421. The molecule has 0 aliphatic carbocycles. The van der Waals surface area contributed by atoms with Gasteiger partial charge < -0.3 is 20.5 Å². The van der Waals surface area contributed by atoms with E-state index in [1.165, 1.54) is 13.2 Å². The molecule has 0 unspecified atom stereocenters. The minimum atomic E-state index is -0.524. The summed E-state index contributed by atoms with van der Waals surface area (Å²) in [6, 6.07) is 2.59. The average molecular weight is 256 g/mol. The molecular formula is C12H17FN2O3. The Hall–Kier alpha value is -1.98. The molecule has 0 spiro atoms. The lowest BCUT2D eigenvalue weighted by Gasteiger charge is -2.12. The first-order chi connectivity index (χ1) is 8.58. The van der Waals surface area contributed by atoms with Gasteiger partial charge in [0.25, 0.3) is 0 Å². The van der Waals surface area contributed by atoms with Crippen LogP contribution in [-0.4, -0.2) is 26.2 Å². The number of esters is 1. The average Bonchev–Trinajstić information content (AvgIpc) is 2.36. The van der Waals surface area contributed by atoms with Gasteiger partial charge in [-0.25, -0.2) is 4.39 Å². The van der Waals surface area contributed by atoms with Gasteiger partial charge in [0.1, 0.15) is 6.54 Å². The minimum Gasteiger partial charge on any atom is -0.490 e. The molecule has 0 aliphatic heterocycles. The fourth-order valence-electron chi connectivity index (χ4n) is 1.28. The Morgan fingerprint density at radius 1 is 1.50 bits per heavy atom. The van der Waals surface area contributed by atoms with Crippen molar-refractivity contribution >= 4 is 17.3 Å². The second-order valence-corrected chi connectivity index (χ2v) is 3.65. The van der Waals surface area contributed by atoms with E-state index in [0.717, 1.165) is 12.5 Å². The topological polar surface area (TPSA) is 73.6 Å². The number of halogens is 1. The molecule has 0 atom stereocenters. The Kier molecular flexibility index (Phi) is 5.23. The zero-order chi connectivity index (χ0) is 13.5. The lowest BCUT2D eigenvalue weighted by Crippen LogP contribution is -2.16. The van der Waals surface area contributed by atoms with Gasteiger partial charge in [-0.2, -0.15) is 0 Å². The highest BCUT2D eigenvalue weighted by Crippen LogP contribution is 2.28. The summed E-state index contributed by atoms with van der Waals surface area (Å²) in [5.74, 6) is -0.849. The van der Waals surface area contributed by atoms with Gasteiger partial charge in [-0.15, -0.1) is 0 Å². The molecule has 0 saturated heterocycles. The van der Waals surface area contributed by atoms with E-state index in [0.29, 0.717) is 12.3 Å². The summed E-state index contributed by atoms with van der Waals surface area (Å²) in [5.41, 5.74) is 6.28. The number of carbonyl (C=O) groups is 1. The largest absolute Gasteiger partial charge is 0.490 e. The number of benzene rings is 1. The first kappa shape index (κ1) is 14.1. The van der Waals surface area contributed by atoms with E-state index in [4.69, 9.17) is 10.5 Å². The molecule has 0 amide bonds. The Morgan fingerprint density at radius 3 is 2.83 bits per heavy atom. The quantitative estimate of drug-likeness (QED) is 0.599. The van der Waals surface area contributed by atoms with E-state index in [2.05, 4.69) is 10.1 Å². The van der Waals surface area contributed by atoms with Gasteiger partial charge in [-0.1, -0.05) is 6.92 Å². The van der Waals surface area contributed by atoms with E-state index in [9.17, 15) is 9.18 Å². The molecule has 0 aromatic heterocycles. The van der Waals surface area contributed by atoms with Gasteiger partial charge in [0.2, 0.25) is 0 Å². The van der Waals surface area contributed by atoms with Crippen LogP contribution < -0.4 is 15.8 Å². The second kappa shape index (κ2) is 6.68. The maximum atomic E-state index is 13.5. The summed E-state index contributed by atoms with van der Waals surface area (Å²) in [6.45, 7) is 2.29. The zero-order valence-corrected chi connectivity index (χ0v) is 10.5. The van der Waals surface area contributed by atoms with Crippen LogP contribution in [0.1, 0.15) is 13.3 Å². The monoisotopic (exact) mass is 256 g/mol. The molecule has 100 valence electrons. The molecule has 6 heteroatoms. The maximum Gasteiger partial charge on any atom is 0.325 e. The van der Waals surface area contributed by atoms with Crippen LogP contribution in [-0.2, 0) is 9.53 Å². The highest BCUT2D eigenvalue weighted by atomic mass is 19.1. The highest BCUT2D eigenvalue weighted by molar-refractivity contribution is 5.78. The number of anilines is 2. The number of nitrogen functional groups attached to an aromatic ring is 1. The lowest BCUT2D eigenvalue weighted by atomic mass is 10.2. The SMILES string of the molecule is CCCOc1cc(NCC(=O)OC)c(N)cc1F. The standard InChI is InChI=1S/C12H17FN2O3/c1-3-4-18-11-6-10(9(14)5-8(11)13)15-7-12(16)17-2/h5-6,15H,3-4,7,14H2,1-2H3. The summed E-state index contributed by atoms with van der Waals surface area (Å²) in [5, 5.41) is 2.76. The molecule has 1 rings (SSSR count). The summed E-state index contributed by atoms with van der Waals surface area (Å²) < 4.78 is 23.2. The molecular weight excluding hydrogens is 239 g/mol. The van der Waals surface area contributed by atoms with E-state index in [1.54, 1.807) is 0 Å². The molecule has 5 nitrogen and oxygen atoms in total. The number of methoxy groups -OCH3 is 1. The van der Waals surface area contributed by atoms with Crippen LogP contribution in [0.3, 0.4) is 0 Å². The van der Waals surface area contributed by atoms with Crippen LogP contribution in [0.2, 0.25) is 0 Å². The summed E-state index contributed by atoms with van der Waals surface area (Å²) in [6.07, 6.45) is 0.773. The maximum absolute atomic E-state index is 13.5. The van der Waals surface area contributed by atoms with Gasteiger partial charge in [-0.3, -0.25) is 4.79 Å². The predicted molar refractivity (Wildman–Crippen MR) is 67.1 cm³/mol. The first-order valence-electron chi connectivity index (χ1n) is 5.61. The number of rotatable bonds is 6. The van der Waals surface area contributed by atoms with Gasteiger partial charge in [0, 0.05) is 12.1 Å². The van der Waals surface area contributed by atoms with Crippen LogP contribution in [0.15, 0.2) is 12.1 Å². The van der Waals surface area contributed by atoms with Gasteiger partial charge in [-0.05, 0) is 6.42 Å². The third kappa shape index (κ3) is 3.80. The third-order valence-electron chi connectivity index (χ3n) is 2.22. The van der Waals surface area contributed by atoms with Crippen molar-refractivity contribution in [3.8, 4) is 5.75 Å². The van der Waals surface area contributed by atoms with Crippen molar-refractivity contribution in [3.05, 3.63) is 17.9 Å². The van der Waals surface area contributed by atoms with Crippen molar-refractivity contribution in [1.29, 1.82) is 0 Å². The van der Waals surface area contributed by atoms with Crippen molar-refractivity contribution < 1.29 is 18.7 Å².